The second kappa shape index (κ2) is 7.06. The van der Waals surface area contributed by atoms with Crippen LogP contribution in [0.3, 0.4) is 0 Å². The lowest BCUT2D eigenvalue weighted by atomic mass is 10.2. The summed E-state index contributed by atoms with van der Waals surface area (Å²) in [6.07, 6.45) is -3.04. The lowest BCUT2D eigenvalue weighted by Crippen LogP contribution is -2.30. The molecular formula is C11H15F3N4O2. The highest BCUT2D eigenvalue weighted by molar-refractivity contribution is 5.99. The average Bonchev–Trinajstić information content (AvgIpc) is 2.36. The molecule has 0 aliphatic heterocycles. The summed E-state index contributed by atoms with van der Waals surface area (Å²) in [7, 11) is 0. The van der Waals surface area contributed by atoms with Gasteiger partial charge in [-0.1, -0.05) is 0 Å². The van der Waals surface area contributed by atoms with Crippen molar-refractivity contribution in [2.24, 2.45) is 5.84 Å². The highest BCUT2D eigenvalue weighted by Crippen LogP contribution is 2.15. The number of carbonyl (C=O) groups is 1. The second-order valence-electron chi connectivity index (χ2n) is 3.94. The van der Waals surface area contributed by atoms with E-state index in [1.165, 1.54) is 6.20 Å². The Bertz CT molecular complexity index is 465. The fraction of sp³-hybridized carbons (Fsp3) is 0.455. The van der Waals surface area contributed by atoms with Crippen molar-refractivity contribution in [3.63, 3.8) is 0 Å². The minimum Gasteiger partial charge on any atom is -0.370 e. The summed E-state index contributed by atoms with van der Waals surface area (Å²) in [5.41, 5.74) is 3.61. The number of nitrogen functional groups attached to an aromatic ring is 1. The lowest BCUT2D eigenvalue weighted by Gasteiger charge is -2.11. The Balaban J connectivity index is 2.44. The Kier molecular flexibility index (Phi) is 5.71. The quantitative estimate of drug-likeness (QED) is 0.413. The molecule has 0 radical (unpaired) electrons. The van der Waals surface area contributed by atoms with Crippen LogP contribution in [0, 0.1) is 6.92 Å². The molecule has 0 spiro atoms. The third-order valence-electron chi connectivity index (χ3n) is 2.24. The van der Waals surface area contributed by atoms with Crippen LogP contribution in [0.5, 0.6) is 0 Å². The van der Waals surface area contributed by atoms with Crippen molar-refractivity contribution in [2.75, 3.05) is 25.2 Å². The van der Waals surface area contributed by atoms with Crippen molar-refractivity contribution >= 4 is 11.6 Å². The first-order chi connectivity index (χ1) is 9.33. The van der Waals surface area contributed by atoms with Gasteiger partial charge in [-0.25, -0.2) is 0 Å². The van der Waals surface area contributed by atoms with Gasteiger partial charge in [0.2, 0.25) is 0 Å². The zero-order chi connectivity index (χ0) is 15.2. The molecule has 1 aromatic rings. The highest BCUT2D eigenvalue weighted by atomic mass is 19.4. The molecule has 0 bridgehead atoms. The molecular weight excluding hydrogens is 277 g/mol. The summed E-state index contributed by atoms with van der Waals surface area (Å²) in [6.45, 7) is 0.0980. The molecule has 0 saturated heterocycles. The normalized spacial score (nSPS) is 11.2. The number of amides is 1. The number of nitrogens with zero attached hydrogens (tertiary/aromatic N) is 1. The summed E-state index contributed by atoms with van der Waals surface area (Å²) in [6, 6.07) is 1.58. The van der Waals surface area contributed by atoms with Gasteiger partial charge in [-0.15, -0.1) is 0 Å². The highest BCUT2D eigenvalue weighted by Gasteiger charge is 2.27. The van der Waals surface area contributed by atoms with Crippen LogP contribution in [0.2, 0.25) is 0 Å². The van der Waals surface area contributed by atoms with Crippen molar-refractivity contribution in [3.05, 3.63) is 23.5 Å². The van der Waals surface area contributed by atoms with E-state index in [4.69, 9.17) is 5.84 Å². The molecule has 0 aliphatic carbocycles. The third-order valence-corrected chi connectivity index (χ3v) is 2.24. The molecule has 1 heterocycles. The smallest absolute Gasteiger partial charge is 0.370 e. The summed E-state index contributed by atoms with van der Waals surface area (Å²) in [5.74, 6) is 4.78. The molecule has 20 heavy (non-hydrogen) atoms. The molecule has 0 aliphatic rings. The van der Waals surface area contributed by atoms with Gasteiger partial charge in [0, 0.05) is 18.4 Å². The molecule has 4 N–H and O–H groups in total. The fourth-order valence-corrected chi connectivity index (χ4v) is 1.38. The molecule has 0 aromatic carbocycles. The third kappa shape index (κ3) is 5.41. The van der Waals surface area contributed by atoms with Crippen LogP contribution in [0.4, 0.5) is 18.9 Å². The minimum absolute atomic E-state index is 0.0488. The summed E-state index contributed by atoms with van der Waals surface area (Å²) < 4.78 is 39.8. The number of hydrazine groups is 1. The molecule has 0 saturated carbocycles. The number of hydrogen-bond donors (Lipinski definition) is 3. The van der Waals surface area contributed by atoms with Gasteiger partial charge in [0.1, 0.15) is 6.61 Å². The van der Waals surface area contributed by atoms with Gasteiger partial charge >= 0.3 is 6.18 Å². The Morgan fingerprint density at radius 3 is 2.80 bits per heavy atom. The van der Waals surface area contributed by atoms with E-state index in [0.717, 1.165) is 0 Å². The van der Waals surface area contributed by atoms with E-state index in [1.807, 2.05) is 0 Å². The van der Waals surface area contributed by atoms with Crippen molar-refractivity contribution in [2.45, 2.75) is 13.1 Å². The Morgan fingerprint density at radius 1 is 1.50 bits per heavy atom. The number of anilines is 1. The molecule has 0 unspecified atom stereocenters. The number of aryl methyl sites for hydroxylation is 1. The van der Waals surface area contributed by atoms with Gasteiger partial charge in [0.25, 0.3) is 5.91 Å². The zero-order valence-corrected chi connectivity index (χ0v) is 10.8. The maximum Gasteiger partial charge on any atom is 0.411 e. The van der Waals surface area contributed by atoms with Crippen molar-refractivity contribution < 1.29 is 22.7 Å². The number of pyridine rings is 1. The van der Waals surface area contributed by atoms with Crippen molar-refractivity contribution in [1.29, 1.82) is 0 Å². The van der Waals surface area contributed by atoms with Crippen LogP contribution in [0.1, 0.15) is 16.1 Å². The number of nitrogens with two attached hydrogens (primary N) is 1. The van der Waals surface area contributed by atoms with Gasteiger partial charge in [-0.3, -0.25) is 15.6 Å². The van der Waals surface area contributed by atoms with Crippen molar-refractivity contribution in [1.82, 2.24) is 10.3 Å². The van der Waals surface area contributed by atoms with Crippen LogP contribution >= 0.6 is 0 Å². The molecule has 6 nitrogen and oxygen atoms in total. The number of hydrogen-bond acceptors (Lipinski definition) is 5. The van der Waals surface area contributed by atoms with Crippen LogP contribution < -0.4 is 16.6 Å². The average molecular weight is 292 g/mol. The van der Waals surface area contributed by atoms with Crippen molar-refractivity contribution in [3.8, 4) is 0 Å². The monoisotopic (exact) mass is 292 g/mol. The summed E-state index contributed by atoms with van der Waals surface area (Å²) >= 11 is 0. The number of halogens is 3. The van der Waals surface area contributed by atoms with E-state index in [0.29, 0.717) is 11.4 Å². The summed E-state index contributed by atoms with van der Waals surface area (Å²) in [5, 5.41) is 2.41. The van der Waals surface area contributed by atoms with E-state index in [2.05, 4.69) is 20.5 Å². The van der Waals surface area contributed by atoms with Crippen LogP contribution in [0.25, 0.3) is 0 Å². The number of alkyl halides is 3. The van der Waals surface area contributed by atoms with Crippen LogP contribution in [-0.2, 0) is 4.74 Å². The number of aromatic nitrogens is 1. The van der Waals surface area contributed by atoms with E-state index in [9.17, 15) is 18.0 Å². The second-order valence-corrected chi connectivity index (χ2v) is 3.94. The van der Waals surface area contributed by atoms with Gasteiger partial charge in [0.15, 0.2) is 0 Å². The Labute approximate surface area is 113 Å². The van der Waals surface area contributed by atoms with Gasteiger partial charge < -0.3 is 15.5 Å². The Morgan fingerprint density at radius 2 is 2.20 bits per heavy atom. The van der Waals surface area contributed by atoms with Crippen LogP contribution in [0.15, 0.2) is 12.3 Å². The van der Waals surface area contributed by atoms with E-state index < -0.39 is 18.7 Å². The standard InChI is InChI=1S/C11H15F3N4O2/c1-7-4-9(18-15)8(5-17-7)10(19)16-2-3-20-6-11(12,13)14/h4-5H,2-3,6,15H2,1H3,(H,16,19)(H,17,18). The molecule has 0 atom stereocenters. The summed E-state index contributed by atoms with van der Waals surface area (Å²) in [4.78, 5) is 15.7. The first-order valence-electron chi connectivity index (χ1n) is 5.69. The maximum atomic E-state index is 11.8. The number of ether oxygens (including phenoxy) is 1. The number of nitrogens with one attached hydrogen (secondary N) is 2. The van der Waals surface area contributed by atoms with Gasteiger partial charge in [0.05, 0.1) is 17.9 Å². The predicted octanol–water partition coefficient (Wildman–Crippen LogP) is 0.984. The van der Waals surface area contributed by atoms with E-state index in [-0.39, 0.29) is 18.7 Å². The van der Waals surface area contributed by atoms with Crippen LogP contribution in [-0.4, -0.2) is 36.8 Å². The molecule has 112 valence electrons. The van der Waals surface area contributed by atoms with Gasteiger partial charge in [-0.05, 0) is 13.0 Å². The fourth-order valence-electron chi connectivity index (χ4n) is 1.38. The minimum atomic E-state index is -4.37. The maximum absolute atomic E-state index is 11.8. The molecule has 1 amide bonds. The molecule has 1 rings (SSSR count). The molecule has 1 aromatic heterocycles. The molecule has 0 fully saturated rings. The first kappa shape index (κ1) is 16.2. The molecule has 9 heteroatoms. The van der Waals surface area contributed by atoms with Gasteiger partial charge in [-0.2, -0.15) is 13.2 Å². The largest absolute Gasteiger partial charge is 0.411 e. The van der Waals surface area contributed by atoms with E-state index >= 15 is 0 Å². The SMILES string of the molecule is Cc1cc(NN)c(C(=O)NCCOCC(F)(F)F)cn1. The zero-order valence-electron chi connectivity index (χ0n) is 10.8. The Hall–Kier alpha value is -1.87. The lowest BCUT2D eigenvalue weighted by molar-refractivity contribution is -0.173. The van der Waals surface area contributed by atoms with E-state index in [1.54, 1.807) is 13.0 Å². The number of carbonyl (C=O) groups excluding carboxylic acids is 1. The topological polar surface area (TPSA) is 89.3 Å². The predicted molar refractivity (Wildman–Crippen MR) is 66.0 cm³/mol. The number of rotatable bonds is 6. The first-order valence-corrected chi connectivity index (χ1v) is 5.69.